The van der Waals surface area contributed by atoms with Crippen molar-refractivity contribution in [3.05, 3.63) is 35.4 Å². The number of hydrogen-bond donors (Lipinski definition) is 2. The third kappa shape index (κ3) is 2.54. The Bertz CT molecular complexity index is 429. The standard InChI is InChI=1S/C14H19NO3/c1-8-4-6-11(7-5-8)13-15-12(14(16)17)9(2)10(3)18-13/h4-7,9-10,12-13,15H,1-3H3,(H,16,17)/t9-,10-,12-,13+/m0/s1. The van der Waals surface area contributed by atoms with Gasteiger partial charge in [0.1, 0.15) is 12.3 Å². The summed E-state index contributed by atoms with van der Waals surface area (Å²) >= 11 is 0. The predicted octanol–water partition coefficient (Wildman–Crippen LogP) is 2.09. The summed E-state index contributed by atoms with van der Waals surface area (Å²) in [4.78, 5) is 11.2. The predicted molar refractivity (Wildman–Crippen MR) is 68.2 cm³/mol. The molecule has 1 fully saturated rings. The smallest absolute Gasteiger partial charge is 0.321 e. The Balaban J connectivity index is 2.19. The molecule has 4 heteroatoms. The van der Waals surface area contributed by atoms with E-state index in [1.165, 1.54) is 5.56 Å². The molecule has 0 saturated carbocycles. The molecular weight excluding hydrogens is 230 g/mol. The number of ether oxygens (including phenoxy) is 1. The molecule has 1 aliphatic rings. The molecule has 0 amide bonds. The summed E-state index contributed by atoms with van der Waals surface area (Å²) in [6, 6.07) is 7.36. The second-order valence-electron chi connectivity index (χ2n) is 4.97. The van der Waals surface area contributed by atoms with Crippen LogP contribution in [0.2, 0.25) is 0 Å². The lowest BCUT2D eigenvalue weighted by Crippen LogP contribution is -2.53. The molecule has 2 rings (SSSR count). The van der Waals surface area contributed by atoms with Gasteiger partial charge in [-0.05, 0) is 19.4 Å². The molecule has 98 valence electrons. The third-order valence-electron chi connectivity index (χ3n) is 3.59. The summed E-state index contributed by atoms with van der Waals surface area (Å²) in [5.74, 6) is -0.876. The van der Waals surface area contributed by atoms with Crippen LogP contribution in [0, 0.1) is 12.8 Å². The number of rotatable bonds is 2. The number of carbonyl (C=O) groups is 1. The topological polar surface area (TPSA) is 58.6 Å². The highest BCUT2D eigenvalue weighted by atomic mass is 16.5. The van der Waals surface area contributed by atoms with Gasteiger partial charge in [0.05, 0.1) is 6.10 Å². The van der Waals surface area contributed by atoms with Gasteiger partial charge in [-0.1, -0.05) is 36.8 Å². The van der Waals surface area contributed by atoms with Gasteiger partial charge in [-0.15, -0.1) is 0 Å². The molecule has 1 saturated heterocycles. The van der Waals surface area contributed by atoms with Crippen molar-refractivity contribution in [1.82, 2.24) is 5.32 Å². The maximum Gasteiger partial charge on any atom is 0.321 e. The van der Waals surface area contributed by atoms with Crippen LogP contribution < -0.4 is 5.32 Å². The van der Waals surface area contributed by atoms with Gasteiger partial charge in [0, 0.05) is 5.92 Å². The van der Waals surface area contributed by atoms with E-state index in [1.807, 2.05) is 45.0 Å². The Morgan fingerprint density at radius 1 is 1.28 bits per heavy atom. The van der Waals surface area contributed by atoms with Crippen LogP contribution in [0.3, 0.4) is 0 Å². The zero-order chi connectivity index (χ0) is 13.3. The monoisotopic (exact) mass is 249 g/mol. The Morgan fingerprint density at radius 3 is 2.44 bits per heavy atom. The number of carboxylic acid groups (broad SMARTS) is 1. The molecule has 0 aromatic heterocycles. The first-order chi connectivity index (χ1) is 8.49. The Labute approximate surface area is 107 Å². The fourth-order valence-electron chi connectivity index (χ4n) is 2.18. The normalized spacial score (nSPS) is 32.2. The molecule has 4 nitrogen and oxygen atoms in total. The van der Waals surface area contributed by atoms with Crippen LogP contribution in [0.25, 0.3) is 0 Å². The van der Waals surface area contributed by atoms with Crippen LogP contribution in [-0.2, 0) is 9.53 Å². The minimum atomic E-state index is -0.824. The van der Waals surface area contributed by atoms with Crippen LogP contribution >= 0.6 is 0 Å². The lowest BCUT2D eigenvalue weighted by atomic mass is 9.93. The fourth-order valence-corrected chi connectivity index (χ4v) is 2.18. The van der Waals surface area contributed by atoms with E-state index in [9.17, 15) is 9.90 Å². The zero-order valence-electron chi connectivity index (χ0n) is 10.9. The van der Waals surface area contributed by atoms with Gasteiger partial charge in [0.15, 0.2) is 0 Å². The lowest BCUT2D eigenvalue weighted by molar-refractivity contribution is -0.155. The molecule has 0 radical (unpaired) electrons. The molecule has 0 spiro atoms. The maximum absolute atomic E-state index is 11.2. The highest BCUT2D eigenvalue weighted by molar-refractivity contribution is 5.74. The van der Waals surface area contributed by atoms with E-state index >= 15 is 0 Å². The molecule has 18 heavy (non-hydrogen) atoms. The summed E-state index contributed by atoms with van der Waals surface area (Å²) in [5.41, 5.74) is 2.14. The number of aliphatic carboxylic acids is 1. The highest BCUT2D eigenvalue weighted by Crippen LogP contribution is 2.28. The van der Waals surface area contributed by atoms with Gasteiger partial charge in [-0.3, -0.25) is 10.1 Å². The van der Waals surface area contributed by atoms with Crippen LogP contribution in [0.15, 0.2) is 24.3 Å². The van der Waals surface area contributed by atoms with Crippen molar-refractivity contribution in [1.29, 1.82) is 0 Å². The van der Waals surface area contributed by atoms with E-state index in [2.05, 4.69) is 5.32 Å². The third-order valence-corrected chi connectivity index (χ3v) is 3.59. The van der Waals surface area contributed by atoms with Crippen molar-refractivity contribution in [2.45, 2.75) is 39.1 Å². The molecule has 0 bridgehead atoms. The summed E-state index contributed by atoms with van der Waals surface area (Å²) in [7, 11) is 0. The summed E-state index contributed by atoms with van der Waals surface area (Å²) in [6.45, 7) is 5.83. The first-order valence-corrected chi connectivity index (χ1v) is 6.20. The molecule has 4 atom stereocenters. The SMILES string of the molecule is Cc1ccc([C@@H]2N[C@H](C(=O)O)[C@@H](C)[C@H](C)O2)cc1. The molecule has 1 aromatic carbocycles. The zero-order valence-corrected chi connectivity index (χ0v) is 10.9. The lowest BCUT2D eigenvalue weighted by Gasteiger charge is -2.38. The van der Waals surface area contributed by atoms with Crippen molar-refractivity contribution in [3.8, 4) is 0 Å². The fraction of sp³-hybridized carbons (Fsp3) is 0.500. The second kappa shape index (κ2) is 5.08. The van der Waals surface area contributed by atoms with E-state index in [4.69, 9.17) is 4.74 Å². The minimum absolute atomic E-state index is 0.0517. The average Bonchev–Trinajstić information content (AvgIpc) is 2.33. The second-order valence-corrected chi connectivity index (χ2v) is 4.97. The Kier molecular flexibility index (Phi) is 3.68. The largest absolute Gasteiger partial charge is 0.480 e. The first-order valence-electron chi connectivity index (χ1n) is 6.20. The molecule has 0 unspecified atom stereocenters. The van der Waals surface area contributed by atoms with Gasteiger partial charge in [-0.2, -0.15) is 0 Å². The number of carboxylic acids is 1. The molecular formula is C14H19NO3. The van der Waals surface area contributed by atoms with Crippen molar-refractivity contribution >= 4 is 5.97 Å². The number of aryl methyl sites for hydroxylation is 1. The van der Waals surface area contributed by atoms with E-state index in [-0.39, 0.29) is 18.2 Å². The van der Waals surface area contributed by atoms with Crippen LogP contribution in [0.5, 0.6) is 0 Å². The van der Waals surface area contributed by atoms with Crippen molar-refractivity contribution < 1.29 is 14.6 Å². The van der Waals surface area contributed by atoms with Gasteiger partial charge in [0.2, 0.25) is 0 Å². The van der Waals surface area contributed by atoms with E-state index in [0.29, 0.717) is 0 Å². The maximum atomic E-state index is 11.2. The van der Waals surface area contributed by atoms with E-state index in [0.717, 1.165) is 5.56 Å². The molecule has 1 aromatic rings. The Morgan fingerprint density at radius 2 is 1.89 bits per heavy atom. The summed E-state index contributed by atoms with van der Waals surface area (Å²) in [5, 5.41) is 12.3. The first kappa shape index (κ1) is 13.1. The minimum Gasteiger partial charge on any atom is -0.480 e. The highest BCUT2D eigenvalue weighted by Gasteiger charge is 2.37. The van der Waals surface area contributed by atoms with Crippen molar-refractivity contribution in [2.24, 2.45) is 5.92 Å². The van der Waals surface area contributed by atoms with Crippen LogP contribution in [0.4, 0.5) is 0 Å². The van der Waals surface area contributed by atoms with Crippen LogP contribution in [-0.4, -0.2) is 23.2 Å². The number of nitrogens with one attached hydrogen (secondary N) is 1. The quantitative estimate of drug-likeness (QED) is 0.842. The Hall–Kier alpha value is -1.39. The van der Waals surface area contributed by atoms with Gasteiger partial charge in [0.25, 0.3) is 0 Å². The van der Waals surface area contributed by atoms with E-state index < -0.39 is 12.0 Å². The summed E-state index contributed by atoms with van der Waals surface area (Å²) in [6.07, 6.45) is -0.434. The van der Waals surface area contributed by atoms with Crippen LogP contribution in [0.1, 0.15) is 31.2 Å². The van der Waals surface area contributed by atoms with Gasteiger partial charge < -0.3 is 9.84 Å². The number of hydrogen-bond acceptors (Lipinski definition) is 3. The van der Waals surface area contributed by atoms with Crippen molar-refractivity contribution in [3.63, 3.8) is 0 Å². The number of benzene rings is 1. The van der Waals surface area contributed by atoms with Gasteiger partial charge in [-0.25, -0.2) is 0 Å². The van der Waals surface area contributed by atoms with E-state index in [1.54, 1.807) is 0 Å². The molecule has 1 aliphatic heterocycles. The molecule has 2 N–H and O–H groups in total. The van der Waals surface area contributed by atoms with Crippen molar-refractivity contribution in [2.75, 3.05) is 0 Å². The molecule has 0 aliphatic carbocycles. The molecule has 1 heterocycles. The van der Waals surface area contributed by atoms with Gasteiger partial charge >= 0.3 is 5.97 Å². The summed E-state index contributed by atoms with van der Waals surface area (Å²) < 4.78 is 5.83. The average molecular weight is 249 g/mol.